The highest BCUT2D eigenvalue weighted by molar-refractivity contribution is 5.78. The maximum atomic E-state index is 13.3. The minimum Gasteiger partial charge on any atom is -0.493 e. The molecule has 0 spiro atoms. The molecule has 0 bridgehead atoms. The van der Waals surface area contributed by atoms with Gasteiger partial charge in [0.25, 0.3) is 0 Å². The van der Waals surface area contributed by atoms with Crippen molar-refractivity contribution in [3.8, 4) is 5.75 Å². The normalized spacial score (nSPS) is 20.1. The van der Waals surface area contributed by atoms with Gasteiger partial charge in [0, 0.05) is 37.7 Å². The van der Waals surface area contributed by atoms with Crippen molar-refractivity contribution in [1.82, 2.24) is 25.3 Å². The number of aromatic nitrogens is 2. The van der Waals surface area contributed by atoms with E-state index in [9.17, 15) is 22.8 Å². The van der Waals surface area contributed by atoms with Crippen LogP contribution in [0.25, 0.3) is 0 Å². The molecule has 1 saturated heterocycles. The predicted octanol–water partition coefficient (Wildman–Crippen LogP) is 5.00. The van der Waals surface area contributed by atoms with Crippen molar-refractivity contribution in [1.29, 1.82) is 0 Å². The minimum absolute atomic E-state index is 0.00729. The van der Waals surface area contributed by atoms with E-state index in [2.05, 4.69) is 34.3 Å². The van der Waals surface area contributed by atoms with Crippen LogP contribution in [0.5, 0.6) is 5.75 Å². The van der Waals surface area contributed by atoms with E-state index in [1.165, 1.54) is 0 Å². The van der Waals surface area contributed by atoms with Crippen molar-refractivity contribution in [2.75, 3.05) is 26.2 Å². The number of hydrogen-bond acceptors (Lipinski definition) is 5. The summed E-state index contributed by atoms with van der Waals surface area (Å²) in [4.78, 5) is 29.6. The molecule has 40 heavy (non-hydrogen) atoms. The van der Waals surface area contributed by atoms with E-state index in [1.54, 1.807) is 4.90 Å². The standard InChI is InChI=1S/C29H40F3N5O3/c1-20(2)36-18-22-16-21(9-11-25(22)40-15-7-3-5-13-33-27(38)19-36)10-12-28(39)37-14-6-4-8-24(37)23-17-26(35-34-23)29(30,31)32/h9,11,16-17,20,24H,3-8,10,12-15,18-19H2,1-2H3,(H,33,38)(H,34,35). The first-order chi connectivity index (χ1) is 19.1. The zero-order valence-electron chi connectivity index (χ0n) is 23.4. The number of halogens is 3. The maximum Gasteiger partial charge on any atom is 0.435 e. The molecule has 0 radical (unpaired) electrons. The fourth-order valence-electron chi connectivity index (χ4n) is 5.35. The molecular formula is C29H40F3N5O3. The molecule has 1 aromatic carbocycles. The lowest BCUT2D eigenvalue weighted by atomic mass is 9.97. The smallest absolute Gasteiger partial charge is 0.435 e. The number of hydrogen-bond donors (Lipinski definition) is 2. The number of piperidine rings is 1. The van der Waals surface area contributed by atoms with Crippen molar-refractivity contribution in [2.24, 2.45) is 0 Å². The third-order valence-corrected chi connectivity index (χ3v) is 7.67. The summed E-state index contributed by atoms with van der Waals surface area (Å²) >= 11 is 0. The highest BCUT2D eigenvalue weighted by atomic mass is 19.4. The van der Waals surface area contributed by atoms with Gasteiger partial charge in [-0.3, -0.25) is 19.6 Å². The molecule has 220 valence electrons. The third-order valence-electron chi connectivity index (χ3n) is 7.67. The zero-order valence-corrected chi connectivity index (χ0v) is 23.4. The highest BCUT2D eigenvalue weighted by Crippen LogP contribution is 2.34. The van der Waals surface area contributed by atoms with Gasteiger partial charge in [-0.25, -0.2) is 0 Å². The van der Waals surface area contributed by atoms with Gasteiger partial charge in [0.2, 0.25) is 11.8 Å². The summed E-state index contributed by atoms with van der Waals surface area (Å²) in [5.74, 6) is 0.706. The van der Waals surface area contributed by atoms with Crippen LogP contribution in [0.2, 0.25) is 0 Å². The topological polar surface area (TPSA) is 90.6 Å². The van der Waals surface area contributed by atoms with Crippen LogP contribution in [0.3, 0.4) is 0 Å². The Hall–Kier alpha value is -3.08. The number of likely N-dealkylation sites (tertiary alicyclic amines) is 1. The Morgan fingerprint density at radius 3 is 2.70 bits per heavy atom. The summed E-state index contributed by atoms with van der Waals surface area (Å²) < 4.78 is 45.4. The second kappa shape index (κ2) is 13.5. The molecule has 2 N–H and O–H groups in total. The number of carbonyl (C=O) groups excluding carboxylic acids is 2. The molecule has 2 amide bonds. The van der Waals surface area contributed by atoms with Crippen LogP contribution in [-0.4, -0.2) is 64.1 Å². The van der Waals surface area contributed by atoms with Crippen LogP contribution < -0.4 is 10.1 Å². The second-order valence-electron chi connectivity index (χ2n) is 11.0. The zero-order chi connectivity index (χ0) is 28.7. The Morgan fingerprint density at radius 2 is 1.95 bits per heavy atom. The van der Waals surface area contributed by atoms with E-state index < -0.39 is 17.9 Å². The second-order valence-corrected chi connectivity index (χ2v) is 11.0. The fraction of sp³-hybridized carbons (Fsp3) is 0.621. The van der Waals surface area contributed by atoms with Crippen molar-refractivity contribution in [2.45, 2.75) is 90.0 Å². The molecule has 1 aromatic heterocycles. The molecule has 4 rings (SSSR count). The molecule has 0 aliphatic carbocycles. The fourth-order valence-corrected chi connectivity index (χ4v) is 5.35. The Morgan fingerprint density at radius 1 is 1.12 bits per heavy atom. The molecule has 8 nitrogen and oxygen atoms in total. The number of alkyl halides is 3. The summed E-state index contributed by atoms with van der Waals surface area (Å²) in [6.07, 6.45) is 1.24. The maximum absolute atomic E-state index is 13.3. The summed E-state index contributed by atoms with van der Waals surface area (Å²) in [5, 5.41) is 8.95. The van der Waals surface area contributed by atoms with E-state index in [0.717, 1.165) is 55.0 Å². The van der Waals surface area contributed by atoms with E-state index in [0.29, 0.717) is 51.3 Å². The minimum atomic E-state index is -4.53. The molecule has 1 fully saturated rings. The number of ether oxygens (including phenoxy) is 1. The number of aryl methyl sites for hydroxylation is 1. The summed E-state index contributed by atoms with van der Waals surface area (Å²) in [5.41, 5.74) is 1.30. The molecular weight excluding hydrogens is 523 g/mol. The van der Waals surface area contributed by atoms with Gasteiger partial charge < -0.3 is 15.0 Å². The van der Waals surface area contributed by atoms with E-state index in [4.69, 9.17) is 4.74 Å². The summed E-state index contributed by atoms with van der Waals surface area (Å²) in [6.45, 7) is 6.71. The van der Waals surface area contributed by atoms with Crippen molar-refractivity contribution in [3.63, 3.8) is 0 Å². The average molecular weight is 564 g/mol. The van der Waals surface area contributed by atoms with Crippen LogP contribution in [0.1, 0.15) is 87.3 Å². The van der Waals surface area contributed by atoms with Crippen LogP contribution >= 0.6 is 0 Å². The molecule has 2 aromatic rings. The van der Waals surface area contributed by atoms with E-state index >= 15 is 0 Å². The summed E-state index contributed by atoms with van der Waals surface area (Å²) in [7, 11) is 0. The first-order valence-corrected chi connectivity index (χ1v) is 14.3. The van der Waals surface area contributed by atoms with Crippen molar-refractivity contribution < 1.29 is 27.5 Å². The Bertz CT molecular complexity index is 1150. The van der Waals surface area contributed by atoms with Gasteiger partial charge in [-0.1, -0.05) is 12.1 Å². The first kappa shape index (κ1) is 29.9. The van der Waals surface area contributed by atoms with Gasteiger partial charge in [0.1, 0.15) is 5.75 Å². The molecule has 1 unspecified atom stereocenters. The number of rotatable bonds is 5. The predicted molar refractivity (Wildman–Crippen MR) is 145 cm³/mol. The molecule has 2 aliphatic heterocycles. The van der Waals surface area contributed by atoms with Crippen LogP contribution in [0.15, 0.2) is 24.3 Å². The lowest BCUT2D eigenvalue weighted by Gasteiger charge is -2.35. The van der Waals surface area contributed by atoms with Crippen molar-refractivity contribution >= 4 is 11.8 Å². The van der Waals surface area contributed by atoms with Gasteiger partial charge in [-0.15, -0.1) is 0 Å². The van der Waals surface area contributed by atoms with E-state index in [-0.39, 0.29) is 24.3 Å². The van der Waals surface area contributed by atoms with Crippen LogP contribution in [-0.2, 0) is 28.7 Å². The SMILES string of the molecule is CC(C)N1CC(=O)NCCCCCOc2ccc(CCC(=O)N3CCCCC3c3cc(C(F)(F)F)n[nH]3)cc2C1. The molecule has 1 atom stereocenters. The van der Waals surface area contributed by atoms with E-state index in [1.807, 2.05) is 18.2 Å². The van der Waals surface area contributed by atoms with Gasteiger partial charge in [-0.2, -0.15) is 18.3 Å². The Kier molecular flexibility index (Phi) is 10.1. The first-order valence-electron chi connectivity index (χ1n) is 14.3. The van der Waals surface area contributed by atoms with Crippen molar-refractivity contribution in [3.05, 3.63) is 46.8 Å². The van der Waals surface area contributed by atoms with Gasteiger partial charge in [-0.05, 0) is 76.5 Å². The molecule has 2 aliphatic rings. The largest absolute Gasteiger partial charge is 0.493 e. The Labute approximate surface area is 233 Å². The number of fused-ring (bicyclic) bond motifs is 1. The molecule has 11 heteroatoms. The number of carbonyl (C=O) groups is 2. The molecule has 0 saturated carbocycles. The number of benzene rings is 1. The lowest BCUT2D eigenvalue weighted by molar-refractivity contribution is -0.141. The van der Waals surface area contributed by atoms with Gasteiger partial charge >= 0.3 is 6.18 Å². The van der Waals surface area contributed by atoms with Gasteiger partial charge in [0.05, 0.1) is 24.9 Å². The quantitative estimate of drug-likeness (QED) is 0.534. The number of H-pyrrole nitrogens is 1. The average Bonchev–Trinajstić information content (AvgIpc) is 3.42. The number of amides is 2. The monoisotopic (exact) mass is 563 g/mol. The van der Waals surface area contributed by atoms with Gasteiger partial charge in [0.15, 0.2) is 5.69 Å². The Balaban J connectivity index is 1.47. The number of aromatic amines is 1. The lowest BCUT2D eigenvalue weighted by Crippen LogP contribution is -2.40. The number of nitrogens with zero attached hydrogens (tertiary/aromatic N) is 3. The molecule has 3 heterocycles. The van der Waals surface area contributed by atoms with Crippen LogP contribution in [0.4, 0.5) is 13.2 Å². The number of nitrogens with one attached hydrogen (secondary N) is 2. The summed E-state index contributed by atoms with van der Waals surface area (Å²) in [6, 6.07) is 6.68. The highest BCUT2D eigenvalue weighted by Gasteiger charge is 2.36. The van der Waals surface area contributed by atoms with Crippen LogP contribution in [0, 0.1) is 0 Å². The third kappa shape index (κ3) is 7.99.